The van der Waals surface area contributed by atoms with Crippen molar-refractivity contribution < 1.29 is 12.8 Å². The summed E-state index contributed by atoms with van der Waals surface area (Å²) in [4.78, 5) is 2.04. The lowest BCUT2D eigenvalue weighted by atomic mass is 10.1. The van der Waals surface area contributed by atoms with E-state index >= 15 is 0 Å². The van der Waals surface area contributed by atoms with E-state index in [1.165, 1.54) is 22.5 Å². The van der Waals surface area contributed by atoms with Crippen molar-refractivity contribution in [2.45, 2.75) is 37.8 Å². The second-order valence-electron chi connectivity index (χ2n) is 8.77. The van der Waals surface area contributed by atoms with Crippen LogP contribution < -0.4 is 4.31 Å². The van der Waals surface area contributed by atoms with Gasteiger partial charge >= 0.3 is 0 Å². The summed E-state index contributed by atoms with van der Waals surface area (Å²) in [5.41, 5.74) is -0.421. The number of aromatic nitrogens is 3. The first-order valence-electron chi connectivity index (χ1n) is 9.97. The van der Waals surface area contributed by atoms with Crippen molar-refractivity contribution >= 4 is 27.3 Å². The first-order chi connectivity index (χ1) is 14.8. The molecular weight excluding hydrogens is 453 g/mol. The van der Waals surface area contributed by atoms with Gasteiger partial charge in [-0.2, -0.15) is 0 Å². The molecule has 0 bridgehead atoms. The zero-order chi connectivity index (χ0) is 23.8. The van der Waals surface area contributed by atoms with Crippen LogP contribution in [0.4, 0.5) is 10.1 Å². The fourth-order valence-corrected chi connectivity index (χ4v) is 5.46. The fourth-order valence-electron chi connectivity index (χ4n) is 3.45. The van der Waals surface area contributed by atoms with Crippen LogP contribution in [0.5, 0.6) is 0 Å². The molecular formula is C22H27ClFN5O2S. The Hall–Kier alpha value is -2.49. The Morgan fingerprint density at radius 3 is 2.28 bits per heavy atom. The summed E-state index contributed by atoms with van der Waals surface area (Å²) in [6.07, 6.45) is 0. The Balaban J connectivity index is 2.31. The molecule has 0 aliphatic heterocycles. The van der Waals surface area contributed by atoms with Gasteiger partial charge in [0.1, 0.15) is 11.6 Å². The molecule has 32 heavy (non-hydrogen) atoms. The standard InChI is InChI=1S/C22H27ClFN5O2S/c1-22(2,3)29(32(30,31)15-10-8-7-9-11-15)19-13-18(24)17(23)12-16(19)21-26-25-20(28(21)6)14-27(4)5/h7-13H,14H2,1-6H3. The van der Waals surface area contributed by atoms with Crippen LogP contribution in [0.3, 0.4) is 0 Å². The van der Waals surface area contributed by atoms with Gasteiger partial charge in [-0.25, -0.2) is 12.8 Å². The van der Waals surface area contributed by atoms with Crippen molar-refractivity contribution in [3.05, 3.63) is 59.1 Å². The summed E-state index contributed by atoms with van der Waals surface area (Å²) in [5, 5.41) is 8.37. The monoisotopic (exact) mass is 479 g/mol. The van der Waals surface area contributed by atoms with Crippen LogP contribution in [0.25, 0.3) is 11.4 Å². The molecule has 3 aromatic rings. The van der Waals surface area contributed by atoms with E-state index in [1.54, 1.807) is 50.6 Å². The lowest BCUT2D eigenvalue weighted by molar-refractivity contribution is 0.384. The average molecular weight is 480 g/mol. The zero-order valence-electron chi connectivity index (χ0n) is 19.0. The van der Waals surface area contributed by atoms with E-state index in [9.17, 15) is 12.8 Å². The van der Waals surface area contributed by atoms with Gasteiger partial charge in [-0.1, -0.05) is 29.8 Å². The van der Waals surface area contributed by atoms with Gasteiger partial charge in [0.15, 0.2) is 5.82 Å². The minimum Gasteiger partial charge on any atom is -0.313 e. The van der Waals surface area contributed by atoms with Gasteiger partial charge in [-0.15, -0.1) is 10.2 Å². The number of halogens is 2. The first kappa shape index (κ1) is 24.2. The SMILES string of the molecule is CN(C)Cc1nnc(-c2cc(Cl)c(F)cc2N(C(C)(C)C)S(=O)(=O)c2ccccc2)n1C. The van der Waals surface area contributed by atoms with Gasteiger partial charge < -0.3 is 9.47 Å². The Bertz CT molecular complexity index is 1220. The van der Waals surface area contributed by atoms with Crippen LogP contribution in [-0.4, -0.2) is 47.7 Å². The molecule has 0 unspecified atom stereocenters. The summed E-state index contributed by atoms with van der Waals surface area (Å²) in [7, 11) is 1.55. The zero-order valence-corrected chi connectivity index (χ0v) is 20.5. The molecule has 0 atom stereocenters. The fraction of sp³-hybridized carbons (Fsp3) is 0.364. The van der Waals surface area contributed by atoms with Crippen molar-refractivity contribution in [3.8, 4) is 11.4 Å². The van der Waals surface area contributed by atoms with Crippen molar-refractivity contribution in [1.29, 1.82) is 0 Å². The van der Waals surface area contributed by atoms with Crippen molar-refractivity contribution in [3.63, 3.8) is 0 Å². The van der Waals surface area contributed by atoms with E-state index in [1.807, 2.05) is 19.0 Å². The molecule has 0 N–H and O–H groups in total. The molecule has 10 heteroatoms. The van der Waals surface area contributed by atoms with E-state index in [0.717, 1.165) is 6.07 Å². The number of benzene rings is 2. The van der Waals surface area contributed by atoms with E-state index < -0.39 is 21.4 Å². The molecule has 7 nitrogen and oxygen atoms in total. The predicted octanol–water partition coefficient (Wildman–Crippen LogP) is 4.33. The molecule has 0 radical (unpaired) electrons. The van der Waals surface area contributed by atoms with Crippen LogP contribution in [0.1, 0.15) is 26.6 Å². The summed E-state index contributed by atoms with van der Waals surface area (Å²) in [6, 6.07) is 10.6. The number of hydrogen-bond acceptors (Lipinski definition) is 5. The molecule has 0 spiro atoms. The van der Waals surface area contributed by atoms with Crippen molar-refractivity contribution in [2.24, 2.45) is 7.05 Å². The van der Waals surface area contributed by atoms with Gasteiger partial charge in [-0.3, -0.25) is 4.31 Å². The molecule has 0 aliphatic carbocycles. The van der Waals surface area contributed by atoms with E-state index in [-0.39, 0.29) is 15.6 Å². The van der Waals surface area contributed by atoms with Crippen LogP contribution in [-0.2, 0) is 23.6 Å². The lowest BCUT2D eigenvalue weighted by Gasteiger charge is -2.37. The molecule has 2 aromatic carbocycles. The van der Waals surface area contributed by atoms with Crippen molar-refractivity contribution in [1.82, 2.24) is 19.7 Å². The van der Waals surface area contributed by atoms with E-state index in [2.05, 4.69) is 10.2 Å². The number of anilines is 1. The lowest BCUT2D eigenvalue weighted by Crippen LogP contribution is -2.46. The third-order valence-corrected chi connectivity index (χ3v) is 7.19. The maximum absolute atomic E-state index is 14.7. The minimum absolute atomic E-state index is 0.0995. The summed E-state index contributed by atoms with van der Waals surface area (Å²) in [5.74, 6) is 0.333. The molecule has 3 rings (SSSR count). The molecule has 0 amide bonds. The molecule has 1 aromatic heterocycles. The molecule has 0 saturated heterocycles. The van der Waals surface area contributed by atoms with Gasteiger partial charge in [0.2, 0.25) is 0 Å². The largest absolute Gasteiger partial charge is 0.313 e. The average Bonchev–Trinajstić information content (AvgIpc) is 3.03. The van der Waals surface area contributed by atoms with Crippen LogP contribution >= 0.6 is 11.6 Å². The summed E-state index contributed by atoms with van der Waals surface area (Å²) < 4.78 is 45.1. The van der Waals surface area contributed by atoms with Gasteiger partial charge in [0, 0.05) is 24.2 Å². The molecule has 1 heterocycles. The Morgan fingerprint density at radius 1 is 1.09 bits per heavy atom. The highest BCUT2D eigenvalue weighted by Crippen LogP contribution is 2.40. The third-order valence-electron chi connectivity index (χ3n) is 4.81. The molecule has 0 fully saturated rings. The second kappa shape index (κ2) is 8.80. The van der Waals surface area contributed by atoms with E-state index in [0.29, 0.717) is 23.8 Å². The Morgan fingerprint density at radius 2 is 1.72 bits per heavy atom. The highest BCUT2D eigenvalue weighted by Gasteiger charge is 2.37. The Labute approximate surface area is 193 Å². The first-order valence-corrected chi connectivity index (χ1v) is 11.8. The molecule has 172 valence electrons. The number of hydrogen-bond donors (Lipinski definition) is 0. The van der Waals surface area contributed by atoms with Crippen molar-refractivity contribution in [2.75, 3.05) is 18.4 Å². The molecule has 0 saturated carbocycles. The highest BCUT2D eigenvalue weighted by molar-refractivity contribution is 7.93. The predicted molar refractivity (Wildman–Crippen MR) is 125 cm³/mol. The van der Waals surface area contributed by atoms with E-state index in [4.69, 9.17) is 11.6 Å². The highest BCUT2D eigenvalue weighted by atomic mass is 35.5. The number of rotatable bonds is 6. The minimum atomic E-state index is -4.04. The Kier molecular flexibility index (Phi) is 6.65. The summed E-state index contributed by atoms with van der Waals surface area (Å²) >= 11 is 6.12. The van der Waals surface area contributed by atoms with Gasteiger partial charge in [0.25, 0.3) is 10.0 Å². The normalized spacial score (nSPS) is 12.4. The topological polar surface area (TPSA) is 71.3 Å². The maximum Gasteiger partial charge on any atom is 0.264 e. The van der Waals surface area contributed by atoms with Crippen LogP contribution in [0, 0.1) is 5.82 Å². The summed E-state index contributed by atoms with van der Waals surface area (Å²) in [6.45, 7) is 5.77. The van der Waals surface area contributed by atoms with Crippen LogP contribution in [0.15, 0.2) is 47.4 Å². The molecule has 0 aliphatic rings. The maximum atomic E-state index is 14.7. The van der Waals surface area contributed by atoms with Crippen LogP contribution in [0.2, 0.25) is 5.02 Å². The second-order valence-corrected chi connectivity index (χ2v) is 11.0. The van der Waals surface area contributed by atoms with Gasteiger partial charge in [-0.05, 0) is 53.1 Å². The third kappa shape index (κ3) is 4.65. The smallest absolute Gasteiger partial charge is 0.264 e. The number of sulfonamides is 1. The number of nitrogens with zero attached hydrogens (tertiary/aromatic N) is 5. The van der Waals surface area contributed by atoms with Gasteiger partial charge in [0.05, 0.1) is 22.2 Å². The quantitative estimate of drug-likeness (QED) is 0.526.